The van der Waals surface area contributed by atoms with E-state index in [1.165, 1.54) is 16.7 Å². The zero-order chi connectivity index (χ0) is 21.0. The second-order valence-electron chi connectivity index (χ2n) is 9.74. The molecule has 2 aromatic heterocycles. The van der Waals surface area contributed by atoms with Gasteiger partial charge in [0.25, 0.3) is 0 Å². The highest BCUT2D eigenvalue weighted by atomic mass is 32.1. The second kappa shape index (κ2) is 6.77. The van der Waals surface area contributed by atoms with E-state index in [1.807, 2.05) is 16.6 Å². The minimum absolute atomic E-state index is 0.0707. The summed E-state index contributed by atoms with van der Waals surface area (Å²) in [5, 5.41) is 14.7. The first kappa shape index (κ1) is 19.8. The zero-order valence-electron chi connectivity index (χ0n) is 18.2. The Bertz CT molecular complexity index is 1150. The molecule has 5 heteroatoms. The van der Waals surface area contributed by atoms with Gasteiger partial charge in [-0.25, -0.2) is 0 Å². The van der Waals surface area contributed by atoms with Gasteiger partial charge in [0, 0.05) is 11.1 Å². The molecule has 0 aliphatic carbocycles. The van der Waals surface area contributed by atoms with Crippen LogP contribution in [-0.4, -0.2) is 19.8 Å². The molecule has 2 aromatic carbocycles. The largest absolute Gasteiger partial charge is 0.235 e. The summed E-state index contributed by atoms with van der Waals surface area (Å²) in [4.78, 5) is 0.816. The summed E-state index contributed by atoms with van der Waals surface area (Å²) in [6.07, 6.45) is 0. The van der Waals surface area contributed by atoms with Gasteiger partial charge in [-0.2, -0.15) is 9.61 Å². The average molecular weight is 405 g/mol. The molecule has 0 spiro atoms. The van der Waals surface area contributed by atoms with Crippen molar-refractivity contribution < 1.29 is 0 Å². The van der Waals surface area contributed by atoms with Gasteiger partial charge < -0.3 is 0 Å². The molecular formula is C24H28N4S. The fraction of sp³-hybridized carbons (Fsp3) is 0.375. The topological polar surface area (TPSA) is 43.1 Å². The lowest BCUT2D eigenvalue weighted by Gasteiger charge is -2.25. The molecule has 0 atom stereocenters. The van der Waals surface area contributed by atoms with Gasteiger partial charge in [0.15, 0.2) is 5.82 Å². The molecule has 0 radical (unpaired) electrons. The Balaban J connectivity index is 1.88. The van der Waals surface area contributed by atoms with E-state index < -0.39 is 0 Å². The summed E-state index contributed by atoms with van der Waals surface area (Å²) in [7, 11) is 0. The van der Waals surface area contributed by atoms with Crippen molar-refractivity contribution in [2.45, 2.75) is 59.3 Å². The van der Waals surface area contributed by atoms with Crippen molar-refractivity contribution in [1.82, 2.24) is 19.8 Å². The van der Waals surface area contributed by atoms with Crippen LogP contribution in [0.15, 0.2) is 42.5 Å². The number of nitrogens with zero attached hydrogens (tertiary/aromatic N) is 4. The summed E-state index contributed by atoms with van der Waals surface area (Å²) >= 11 is 1.59. The van der Waals surface area contributed by atoms with Gasteiger partial charge in [-0.05, 0) is 46.6 Å². The number of aryl methyl sites for hydroxylation is 1. The predicted molar refractivity (Wildman–Crippen MR) is 122 cm³/mol. The molecule has 0 aliphatic rings. The van der Waals surface area contributed by atoms with Gasteiger partial charge in [-0.15, -0.1) is 10.2 Å². The van der Waals surface area contributed by atoms with Gasteiger partial charge in [-0.1, -0.05) is 83.2 Å². The van der Waals surface area contributed by atoms with Gasteiger partial charge in [-0.3, -0.25) is 0 Å². The minimum Gasteiger partial charge on any atom is -0.182 e. The van der Waals surface area contributed by atoms with E-state index in [-0.39, 0.29) is 10.8 Å². The summed E-state index contributed by atoms with van der Waals surface area (Å²) in [5.74, 6) is 0.795. The Morgan fingerprint density at radius 1 is 0.828 bits per heavy atom. The molecule has 0 aliphatic heterocycles. The normalized spacial score (nSPS) is 12.7. The van der Waals surface area contributed by atoms with Gasteiger partial charge in [0.05, 0.1) is 0 Å². The highest BCUT2D eigenvalue weighted by Gasteiger charge is 2.23. The van der Waals surface area contributed by atoms with Crippen molar-refractivity contribution in [1.29, 1.82) is 0 Å². The van der Waals surface area contributed by atoms with E-state index in [2.05, 4.69) is 89.0 Å². The first-order valence-corrected chi connectivity index (χ1v) is 10.8. The third kappa shape index (κ3) is 3.71. The van der Waals surface area contributed by atoms with E-state index in [0.717, 1.165) is 26.9 Å². The number of benzene rings is 2. The van der Waals surface area contributed by atoms with Crippen LogP contribution in [0.5, 0.6) is 0 Å². The molecule has 0 N–H and O–H groups in total. The monoisotopic (exact) mass is 404 g/mol. The van der Waals surface area contributed by atoms with Crippen molar-refractivity contribution in [2.24, 2.45) is 0 Å². The van der Waals surface area contributed by atoms with Gasteiger partial charge in [0.1, 0.15) is 5.01 Å². The molecule has 29 heavy (non-hydrogen) atoms. The molecular weight excluding hydrogens is 376 g/mol. The SMILES string of the molecule is Cc1ccccc1-c1nnc2sc(-c3cc(C(C)(C)C)cc(C(C)(C)C)c3)nn12. The highest BCUT2D eigenvalue weighted by molar-refractivity contribution is 7.19. The minimum atomic E-state index is 0.0707. The van der Waals surface area contributed by atoms with Crippen LogP contribution in [0.4, 0.5) is 0 Å². The summed E-state index contributed by atoms with van der Waals surface area (Å²) < 4.78 is 1.88. The number of hydrogen-bond donors (Lipinski definition) is 0. The summed E-state index contributed by atoms with van der Waals surface area (Å²) in [6, 6.07) is 15.1. The van der Waals surface area contributed by atoms with Crippen LogP contribution in [0.3, 0.4) is 0 Å². The molecule has 0 bridgehead atoms. The van der Waals surface area contributed by atoms with Crippen molar-refractivity contribution in [3.8, 4) is 22.0 Å². The Hall–Kier alpha value is -2.53. The van der Waals surface area contributed by atoms with Gasteiger partial charge >= 0.3 is 0 Å². The van der Waals surface area contributed by atoms with E-state index in [1.54, 1.807) is 11.3 Å². The second-order valence-corrected chi connectivity index (χ2v) is 10.7. The summed E-state index contributed by atoms with van der Waals surface area (Å²) in [5.41, 5.74) is 6.17. The van der Waals surface area contributed by atoms with Crippen molar-refractivity contribution in [3.05, 3.63) is 59.2 Å². The van der Waals surface area contributed by atoms with Crippen LogP contribution in [0.2, 0.25) is 0 Å². The molecule has 150 valence electrons. The molecule has 0 fully saturated rings. The lowest BCUT2D eigenvalue weighted by atomic mass is 9.79. The van der Waals surface area contributed by atoms with Crippen LogP contribution in [0.25, 0.3) is 26.9 Å². The quantitative estimate of drug-likeness (QED) is 0.387. The number of fused-ring (bicyclic) bond motifs is 1. The van der Waals surface area contributed by atoms with E-state index in [0.29, 0.717) is 0 Å². The molecule has 2 heterocycles. The van der Waals surface area contributed by atoms with E-state index in [9.17, 15) is 0 Å². The lowest BCUT2D eigenvalue weighted by Crippen LogP contribution is -2.16. The van der Waals surface area contributed by atoms with Crippen LogP contribution in [0.1, 0.15) is 58.2 Å². The fourth-order valence-corrected chi connectivity index (χ4v) is 4.17. The van der Waals surface area contributed by atoms with Crippen LogP contribution in [-0.2, 0) is 10.8 Å². The average Bonchev–Trinajstić information content (AvgIpc) is 3.21. The smallest absolute Gasteiger partial charge is 0.182 e. The number of aromatic nitrogens is 4. The molecule has 4 nitrogen and oxygen atoms in total. The van der Waals surface area contributed by atoms with Crippen LogP contribution in [0, 0.1) is 6.92 Å². The van der Waals surface area contributed by atoms with Crippen LogP contribution >= 0.6 is 11.3 Å². The molecule has 0 unspecified atom stereocenters. The number of rotatable bonds is 2. The van der Waals surface area contributed by atoms with Crippen LogP contribution < -0.4 is 0 Å². The predicted octanol–water partition coefficient (Wildman–Crippen LogP) is 6.42. The Morgan fingerprint density at radius 3 is 2.03 bits per heavy atom. The van der Waals surface area contributed by atoms with Crippen molar-refractivity contribution in [3.63, 3.8) is 0 Å². The molecule has 0 amide bonds. The maximum Gasteiger partial charge on any atom is 0.235 e. The van der Waals surface area contributed by atoms with Crippen molar-refractivity contribution in [2.75, 3.05) is 0 Å². The first-order chi connectivity index (χ1) is 13.5. The zero-order valence-corrected chi connectivity index (χ0v) is 19.1. The maximum atomic E-state index is 4.92. The first-order valence-electron chi connectivity index (χ1n) is 9.99. The fourth-order valence-electron chi connectivity index (χ4n) is 3.34. The number of hydrogen-bond acceptors (Lipinski definition) is 4. The standard InChI is InChI=1S/C24H28N4S/c1-15-10-8-9-11-19(15)20-25-26-22-28(20)27-21(29-22)16-12-17(23(2,3)4)14-18(13-16)24(5,6)7/h8-14H,1-7H3. The third-order valence-corrected chi connectivity index (χ3v) is 6.24. The Kier molecular flexibility index (Phi) is 4.61. The molecule has 4 aromatic rings. The van der Waals surface area contributed by atoms with E-state index >= 15 is 0 Å². The third-order valence-electron chi connectivity index (χ3n) is 5.29. The molecule has 0 saturated heterocycles. The maximum absolute atomic E-state index is 4.92. The van der Waals surface area contributed by atoms with Gasteiger partial charge in [0.2, 0.25) is 4.96 Å². The highest BCUT2D eigenvalue weighted by Crippen LogP contribution is 2.36. The molecule has 0 saturated carbocycles. The van der Waals surface area contributed by atoms with Crippen molar-refractivity contribution >= 4 is 16.3 Å². The Morgan fingerprint density at radius 2 is 1.45 bits per heavy atom. The van der Waals surface area contributed by atoms with E-state index in [4.69, 9.17) is 5.10 Å². The Labute approximate surface area is 176 Å². The summed E-state index contributed by atoms with van der Waals surface area (Å²) in [6.45, 7) is 15.6. The lowest BCUT2D eigenvalue weighted by molar-refractivity contribution is 0.569. The molecule has 4 rings (SSSR count).